The molecular weight excluding hydrogens is 224 g/mol. The Bertz CT molecular complexity index is 413. The largest absolute Gasteiger partial charge is 0.398 e. The quantitative estimate of drug-likeness (QED) is 0.891. The van der Waals surface area contributed by atoms with Gasteiger partial charge in [0.25, 0.3) is 0 Å². The topological polar surface area (TPSA) is 48.1 Å². The first-order chi connectivity index (χ1) is 8.77. The van der Waals surface area contributed by atoms with Crippen molar-refractivity contribution in [2.45, 2.75) is 63.1 Å². The summed E-state index contributed by atoms with van der Waals surface area (Å²) < 4.78 is 6.31. The summed E-state index contributed by atoms with van der Waals surface area (Å²) in [5, 5.41) is 0. The van der Waals surface area contributed by atoms with E-state index in [2.05, 4.69) is 4.98 Å². The molecule has 1 aliphatic heterocycles. The number of aryl methyl sites for hydroxylation is 1. The average molecular weight is 246 g/mol. The van der Waals surface area contributed by atoms with Crippen molar-refractivity contribution in [1.82, 2.24) is 4.98 Å². The molecule has 1 atom stereocenters. The number of ether oxygens (including phenoxy) is 1. The monoisotopic (exact) mass is 246 g/mol. The third kappa shape index (κ3) is 2.37. The van der Waals surface area contributed by atoms with Crippen molar-refractivity contribution < 1.29 is 4.74 Å². The first kappa shape index (κ1) is 12.0. The van der Waals surface area contributed by atoms with Crippen LogP contribution in [0.15, 0.2) is 18.5 Å². The lowest BCUT2D eigenvalue weighted by Crippen LogP contribution is -2.25. The number of aromatic nitrogens is 1. The molecule has 1 aliphatic carbocycles. The molecule has 2 fully saturated rings. The van der Waals surface area contributed by atoms with Gasteiger partial charge in [-0.2, -0.15) is 0 Å². The second kappa shape index (κ2) is 4.88. The summed E-state index contributed by atoms with van der Waals surface area (Å²) in [6.45, 7) is 0. The standard InChI is InChI=1S/C15H22N2O/c16-14-6-10-17-11-12(14)3-4-13-5-9-15(18-13)7-1-2-8-15/h6,10-11,13H,1-5,7-9H2,(H2,16,17). The Morgan fingerprint density at radius 2 is 2.17 bits per heavy atom. The van der Waals surface area contributed by atoms with E-state index >= 15 is 0 Å². The van der Waals surface area contributed by atoms with Gasteiger partial charge >= 0.3 is 0 Å². The first-order valence-electron chi connectivity index (χ1n) is 7.14. The van der Waals surface area contributed by atoms with E-state index in [0.717, 1.165) is 24.1 Å². The van der Waals surface area contributed by atoms with Crippen molar-refractivity contribution in [3.05, 3.63) is 24.0 Å². The number of anilines is 1. The predicted molar refractivity (Wildman–Crippen MR) is 72.3 cm³/mol. The molecule has 0 aromatic carbocycles. The molecule has 3 rings (SSSR count). The SMILES string of the molecule is Nc1ccncc1CCC1CCC2(CCCC2)O1. The zero-order chi connectivity index (χ0) is 12.4. The molecule has 2 N–H and O–H groups in total. The van der Waals surface area contributed by atoms with E-state index in [1.165, 1.54) is 38.5 Å². The predicted octanol–water partition coefficient (Wildman–Crippen LogP) is 3.09. The molecule has 1 spiro atoms. The molecule has 0 bridgehead atoms. The molecule has 98 valence electrons. The van der Waals surface area contributed by atoms with Crippen molar-refractivity contribution in [1.29, 1.82) is 0 Å². The maximum absolute atomic E-state index is 6.31. The van der Waals surface area contributed by atoms with Crippen LogP contribution in [0.2, 0.25) is 0 Å². The minimum atomic E-state index is 0.255. The summed E-state index contributed by atoms with van der Waals surface area (Å²) in [7, 11) is 0. The minimum absolute atomic E-state index is 0.255. The molecule has 1 unspecified atom stereocenters. The maximum atomic E-state index is 6.31. The average Bonchev–Trinajstić information content (AvgIpc) is 3.00. The summed E-state index contributed by atoms with van der Waals surface area (Å²) in [6, 6.07) is 1.88. The van der Waals surface area contributed by atoms with Crippen LogP contribution in [0.4, 0.5) is 5.69 Å². The number of pyridine rings is 1. The van der Waals surface area contributed by atoms with Gasteiger partial charge in [0.1, 0.15) is 0 Å². The highest BCUT2D eigenvalue weighted by atomic mass is 16.5. The third-order valence-electron chi connectivity index (χ3n) is 4.53. The fourth-order valence-corrected chi connectivity index (χ4v) is 3.45. The normalized spacial score (nSPS) is 25.9. The molecule has 0 radical (unpaired) electrons. The Morgan fingerprint density at radius 3 is 2.94 bits per heavy atom. The molecule has 1 aromatic rings. The highest BCUT2D eigenvalue weighted by Crippen LogP contribution is 2.44. The van der Waals surface area contributed by atoms with Crippen LogP contribution >= 0.6 is 0 Å². The minimum Gasteiger partial charge on any atom is -0.398 e. The Labute approximate surface area is 109 Å². The highest BCUT2D eigenvalue weighted by Gasteiger charge is 2.41. The van der Waals surface area contributed by atoms with Crippen LogP contribution in [-0.4, -0.2) is 16.7 Å². The van der Waals surface area contributed by atoms with Gasteiger partial charge in [-0.3, -0.25) is 4.98 Å². The lowest BCUT2D eigenvalue weighted by Gasteiger charge is -2.23. The van der Waals surface area contributed by atoms with Gasteiger partial charge in [0.05, 0.1) is 11.7 Å². The second-order valence-corrected chi connectivity index (χ2v) is 5.78. The molecule has 3 nitrogen and oxygen atoms in total. The molecule has 2 aliphatic rings. The number of nitrogens with two attached hydrogens (primary N) is 1. The van der Waals surface area contributed by atoms with Crippen LogP contribution < -0.4 is 5.73 Å². The molecule has 3 heteroatoms. The summed E-state index contributed by atoms with van der Waals surface area (Å²) in [6.07, 6.45) is 13.9. The fraction of sp³-hybridized carbons (Fsp3) is 0.667. The van der Waals surface area contributed by atoms with Crippen LogP contribution in [0.5, 0.6) is 0 Å². The van der Waals surface area contributed by atoms with E-state index < -0.39 is 0 Å². The Hall–Kier alpha value is -1.09. The first-order valence-corrected chi connectivity index (χ1v) is 7.14. The van der Waals surface area contributed by atoms with E-state index in [1.807, 2.05) is 12.3 Å². The van der Waals surface area contributed by atoms with Gasteiger partial charge in [0.2, 0.25) is 0 Å². The van der Waals surface area contributed by atoms with Gasteiger partial charge in [-0.15, -0.1) is 0 Å². The van der Waals surface area contributed by atoms with Crippen LogP contribution in [0.25, 0.3) is 0 Å². The summed E-state index contributed by atoms with van der Waals surface area (Å²) in [5.41, 5.74) is 8.22. The Morgan fingerprint density at radius 1 is 1.33 bits per heavy atom. The molecule has 0 amide bonds. The number of hydrogen-bond acceptors (Lipinski definition) is 3. The molecule has 2 heterocycles. The van der Waals surface area contributed by atoms with Gasteiger partial charge in [0, 0.05) is 18.1 Å². The van der Waals surface area contributed by atoms with Crippen LogP contribution in [0.1, 0.15) is 50.5 Å². The summed E-state index contributed by atoms with van der Waals surface area (Å²) in [5.74, 6) is 0. The summed E-state index contributed by atoms with van der Waals surface area (Å²) in [4.78, 5) is 4.14. The fourth-order valence-electron chi connectivity index (χ4n) is 3.45. The summed E-state index contributed by atoms with van der Waals surface area (Å²) >= 11 is 0. The van der Waals surface area contributed by atoms with E-state index in [1.54, 1.807) is 6.20 Å². The lowest BCUT2D eigenvalue weighted by atomic mass is 9.97. The molecule has 1 saturated heterocycles. The third-order valence-corrected chi connectivity index (χ3v) is 4.53. The molecule has 18 heavy (non-hydrogen) atoms. The van der Waals surface area contributed by atoms with E-state index in [0.29, 0.717) is 6.10 Å². The van der Waals surface area contributed by atoms with Crippen LogP contribution in [0.3, 0.4) is 0 Å². The van der Waals surface area contributed by atoms with Gasteiger partial charge in [-0.25, -0.2) is 0 Å². The van der Waals surface area contributed by atoms with Gasteiger partial charge in [0.15, 0.2) is 0 Å². The van der Waals surface area contributed by atoms with Crippen LogP contribution in [-0.2, 0) is 11.2 Å². The van der Waals surface area contributed by atoms with Crippen molar-refractivity contribution in [2.24, 2.45) is 0 Å². The van der Waals surface area contributed by atoms with E-state index in [4.69, 9.17) is 10.5 Å². The van der Waals surface area contributed by atoms with Crippen molar-refractivity contribution in [3.8, 4) is 0 Å². The van der Waals surface area contributed by atoms with Gasteiger partial charge < -0.3 is 10.5 Å². The van der Waals surface area contributed by atoms with Crippen LogP contribution in [0, 0.1) is 0 Å². The lowest BCUT2D eigenvalue weighted by molar-refractivity contribution is -0.0386. The highest BCUT2D eigenvalue weighted by molar-refractivity contribution is 5.44. The molecule has 1 saturated carbocycles. The van der Waals surface area contributed by atoms with Crippen molar-refractivity contribution in [2.75, 3.05) is 5.73 Å². The van der Waals surface area contributed by atoms with Crippen molar-refractivity contribution in [3.63, 3.8) is 0 Å². The number of hydrogen-bond donors (Lipinski definition) is 1. The zero-order valence-electron chi connectivity index (χ0n) is 10.9. The van der Waals surface area contributed by atoms with Gasteiger partial charge in [-0.05, 0) is 50.2 Å². The number of nitrogens with zero attached hydrogens (tertiary/aromatic N) is 1. The number of rotatable bonds is 3. The van der Waals surface area contributed by atoms with E-state index in [-0.39, 0.29) is 5.60 Å². The zero-order valence-corrected chi connectivity index (χ0v) is 10.9. The second-order valence-electron chi connectivity index (χ2n) is 5.78. The smallest absolute Gasteiger partial charge is 0.0687 e. The van der Waals surface area contributed by atoms with E-state index in [9.17, 15) is 0 Å². The molecule has 1 aromatic heterocycles. The molecular formula is C15H22N2O. The van der Waals surface area contributed by atoms with Crippen molar-refractivity contribution >= 4 is 5.69 Å². The Balaban J connectivity index is 1.54. The van der Waals surface area contributed by atoms with Gasteiger partial charge in [-0.1, -0.05) is 12.8 Å². The Kier molecular flexibility index (Phi) is 3.25. The number of nitrogen functional groups attached to an aromatic ring is 1. The maximum Gasteiger partial charge on any atom is 0.0687 e.